The molecule has 0 spiro atoms. The SMILES string of the molecule is CCc1cc2c(NCCCN3CCOCC3)ncnc2s1. The number of ether oxygens (including phenoxy) is 1. The predicted molar refractivity (Wildman–Crippen MR) is 87.2 cm³/mol. The van der Waals surface area contributed by atoms with Gasteiger partial charge in [-0.15, -0.1) is 11.3 Å². The van der Waals surface area contributed by atoms with Crippen molar-refractivity contribution in [2.45, 2.75) is 19.8 Å². The Hall–Kier alpha value is -1.24. The van der Waals surface area contributed by atoms with E-state index in [1.54, 1.807) is 17.7 Å². The standard InChI is InChI=1S/C15H22N4OS/c1-2-12-10-13-14(17-11-18-15(13)21-12)16-4-3-5-19-6-8-20-9-7-19/h10-11H,2-9H2,1H3,(H,16,17,18). The van der Waals surface area contributed by atoms with Crippen molar-refractivity contribution in [1.82, 2.24) is 14.9 Å². The Balaban J connectivity index is 1.54. The molecule has 0 unspecified atom stereocenters. The molecule has 3 heterocycles. The van der Waals surface area contributed by atoms with E-state index in [4.69, 9.17) is 4.74 Å². The lowest BCUT2D eigenvalue weighted by Crippen LogP contribution is -2.37. The normalized spacial score (nSPS) is 16.4. The highest BCUT2D eigenvalue weighted by molar-refractivity contribution is 7.18. The van der Waals surface area contributed by atoms with E-state index in [0.29, 0.717) is 0 Å². The minimum atomic E-state index is 0.870. The summed E-state index contributed by atoms with van der Waals surface area (Å²) in [7, 11) is 0. The summed E-state index contributed by atoms with van der Waals surface area (Å²) in [6.07, 6.45) is 3.83. The maximum absolute atomic E-state index is 5.36. The van der Waals surface area contributed by atoms with Crippen LogP contribution in [0, 0.1) is 0 Å². The third-order valence-electron chi connectivity index (χ3n) is 3.78. The molecule has 0 aromatic carbocycles. The first-order chi connectivity index (χ1) is 10.4. The van der Waals surface area contributed by atoms with Crippen LogP contribution in [0.25, 0.3) is 10.2 Å². The average Bonchev–Trinajstić information content (AvgIpc) is 2.96. The number of morpholine rings is 1. The third-order valence-corrected chi connectivity index (χ3v) is 4.96. The van der Waals surface area contributed by atoms with Gasteiger partial charge in [0, 0.05) is 24.5 Å². The van der Waals surface area contributed by atoms with Crippen molar-refractivity contribution in [1.29, 1.82) is 0 Å². The van der Waals surface area contributed by atoms with Crippen molar-refractivity contribution in [3.63, 3.8) is 0 Å². The van der Waals surface area contributed by atoms with Crippen molar-refractivity contribution in [2.24, 2.45) is 0 Å². The number of fused-ring (bicyclic) bond motifs is 1. The number of hydrogen-bond acceptors (Lipinski definition) is 6. The number of hydrogen-bond donors (Lipinski definition) is 1. The summed E-state index contributed by atoms with van der Waals surface area (Å²) < 4.78 is 5.36. The molecule has 0 aliphatic carbocycles. The molecule has 1 fully saturated rings. The number of thiophene rings is 1. The van der Waals surface area contributed by atoms with Crippen molar-refractivity contribution < 1.29 is 4.74 Å². The second kappa shape index (κ2) is 7.15. The summed E-state index contributed by atoms with van der Waals surface area (Å²) in [5, 5.41) is 4.62. The van der Waals surface area contributed by atoms with Gasteiger partial charge in [0.1, 0.15) is 17.0 Å². The number of nitrogens with one attached hydrogen (secondary N) is 1. The largest absolute Gasteiger partial charge is 0.379 e. The molecule has 2 aromatic rings. The lowest BCUT2D eigenvalue weighted by Gasteiger charge is -2.26. The maximum Gasteiger partial charge on any atom is 0.138 e. The molecule has 0 bridgehead atoms. The minimum Gasteiger partial charge on any atom is -0.379 e. The van der Waals surface area contributed by atoms with Crippen molar-refractivity contribution in [3.05, 3.63) is 17.3 Å². The summed E-state index contributed by atoms with van der Waals surface area (Å²) in [4.78, 5) is 13.6. The highest BCUT2D eigenvalue weighted by atomic mass is 32.1. The molecule has 1 N–H and O–H groups in total. The monoisotopic (exact) mass is 306 g/mol. The summed E-state index contributed by atoms with van der Waals surface area (Å²) in [5.41, 5.74) is 0. The third kappa shape index (κ3) is 3.70. The molecule has 0 saturated carbocycles. The van der Waals surface area contributed by atoms with E-state index in [1.165, 1.54) is 4.88 Å². The lowest BCUT2D eigenvalue weighted by molar-refractivity contribution is 0.0378. The Kier molecular flexibility index (Phi) is 5.00. The van der Waals surface area contributed by atoms with Gasteiger partial charge >= 0.3 is 0 Å². The van der Waals surface area contributed by atoms with Crippen LogP contribution in [0.3, 0.4) is 0 Å². The Morgan fingerprint density at radius 3 is 3.00 bits per heavy atom. The van der Waals surface area contributed by atoms with Crippen LogP contribution in [0.2, 0.25) is 0 Å². The molecule has 1 saturated heterocycles. The van der Waals surface area contributed by atoms with Gasteiger partial charge in [0.2, 0.25) is 0 Å². The number of aromatic nitrogens is 2. The van der Waals surface area contributed by atoms with Gasteiger partial charge in [-0.3, -0.25) is 4.90 Å². The van der Waals surface area contributed by atoms with Crippen LogP contribution in [0.5, 0.6) is 0 Å². The fourth-order valence-electron chi connectivity index (χ4n) is 2.55. The first kappa shape index (κ1) is 14.7. The zero-order valence-electron chi connectivity index (χ0n) is 12.5. The number of nitrogens with zero attached hydrogens (tertiary/aromatic N) is 3. The van der Waals surface area contributed by atoms with Crippen LogP contribution in [-0.2, 0) is 11.2 Å². The van der Waals surface area contributed by atoms with Gasteiger partial charge in [-0.25, -0.2) is 9.97 Å². The minimum absolute atomic E-state index is 0.870. The van der Waals surface area contributed by atoms with Crippen molar-refractivity contribution in [3.8, 4) is 0 Å². The molecule has 0 atom stereocenters. The Morgan fingerprint density at radius 2 is 2.19 bits per heavy atom. The summed E-state index contributed by atoms with van der Waals surface area (Å²) in [5.74, 6) is 0.970. The first-order valence-electron chi connectivity index (χ1n) is 7.64. The van der Waals surface area contributed by atoms with Crippen LogP contribution in [0.4, 0.5) is 5.82 Å². The van der Waals surface area contributed by atoms with Gasteiger partial charge in [-0.2, -0.15) is 0 Å². The second-order valence-electron chi connectivity index (χ2n) is 5.24. The fourth-order valence-corrected chi connectivity index (χ4v) is 3.49. The van der Waals surface area contributed by atoms with Crippen LogP contribution in [0.15, 0.2) is 12.4 Å². The molecular formula is C15H22N4OS. The molecule has 114 valence electrons. The van der Waals surface area contributed by atoms with E-state index in [-0.39, 0.29) is 0 Å². The van der Waals surface area contributed by atoms with Gasteiger partial charge in [0.15, 0.2) is 0 Å². The van der Waals surface area contributed by atoms with Crippen molar-refractivity contribution >= 4 is 27.4 Å². The van der Waals surface area contributed by atoms with Gasteiger partial charge in [0.05, 0.1) is 18.6 Å². The van der Waals surface area contributed by atoms with Gasteiger partial charge in [-0.1, -0.05) is 6.92 Å². The summed E-state index contributed by atoms with van der Waals surface area (Å²) in [6, 6.07) is 2.21. The van der Waals surface area contributed by atoms with Crippen LogP contribution >= 0.6 is 11.3 Å². The highest BCUT2D eigenvalue weighted by Crippen LogP contribution is 2.28. The number of aryl methyl sites for hydroxylation is 1. The van der Waals surface area contributed by atoms with E-state index < -0.39 is 0 Å². The molecular weight excluding hydrogens is 284 g/mol. The zero-order valence-corrected chi connectivity index (χ0v) is 13.3. The molecule has 0 radical (unpaired) electrons. The fraction of sp³-hybridized carbons (Fsp3) is 0.600. The van der Waals surface area contributed by atoms with Gasteiger partial charge < -0.3 is 10.1 Å². The topological polar surface area (TPSA) is 50.3 Å². The second-order valence-corrected chi connectivity index (χ2v) is 6.36. The molecule has 21 heavy (non-hydrogen) atoms. The molecule has 1 aliphatic rings. The Morgan fingerprint density at radius 1 is 1.33 bits per heavy atom. The van der Waals surface area contributed by atoms with Crippen LogP contribution < -0.4 is 5.32 Å². The lowest BCUT2D eigenvalue weighted by atomic mass is 10.3. The number of anilines is 1. The molecule has 5 nitrogen and oxygen atoms in total. The summed E-state index contributed by atoms with van der Waals surface area (Å²) >= 11 is 1.76. The quantitative estimate of drug-likeness (QED) is 0.831. The smallest absolute Gasteiger partial charge is 0.138 e. The van der Waals surface area contributed by atoms with Crippen molar-refractivity contribution in [2.75, 3.05) is 44.7 Å². The zero-order chi connectivity index (χ0) is 14.5. The van der Waals surface area contributed by atoms with E-state index in [2.05, 4.69) is 33.2 Å². The van der Waals surface area contributed by atoms with Crippen LogP contribution in [-0.4, -0.2) is 54.3 Å². The van der Waals surface area contributed by atoms with E-state index in [9.17, 15) is 0 Å². The first-order valence-corrected chi connectivity index (χ1v) is 8.46. The average molecular weight is 306 g/mol. The Labute approximate surface area is 129 Å². The molecule has 3 rings (SSSR count). The molecule has 6 heteroatoms. The maximum atomic E-state index is 5.36. The van der Waals surface area contributed by atoms with E-state index in [0.717, 1.165) is 68.3 Å². The van der Waals surface area contributed by atoms with Crippen LogP contribution in [0.1, 0.15) is 18.2 Å². The van der Waals surface area contributed by atoms with E-state index >= 15 is 0 Å². The Bertz CT molecular complexity index is 580. The number of rotatable bonds is 6. The molecule has 0 amide bonds. The van der Waals surface area contributed by atoms with Gasteiger partial charge in [0.25, 0.3) is 0 Å². The summed E-state index contributed by atoms with van der Waals surface area (Å²) in [6.45, 7) is 8.09. The van der Waals surface area contributed by atoms with Gasteiger partial charge in [-0.05, 0) is 25.5 Å². The molecule has 1 aliphatic heterocycles. The van der Waals surface area contributed by atoms with E-state index in [1.807, 2.05) is 0 Å². The predicted octanol–water partition coefficient (Wildman–Crippen LogP) is 2.39. The molecule has 2 aromatic heterocycles. The highest BCUT2D eigenvalue weighted by Gasteiger charge is 2.10.